The van der Waals surface area contributed by atoms with Gasteiger partial charge < -0.3 is 5.11 Å². The molecular weight excluding hydrogens is 469 g/mol. The Balaban J connectivity index is 1.96. The SMILES string of the molecule is CC(C)(C)C1Cc2cc(/C=C/C(c3cc(Cl)c(F)c(Cl)c3)C(F)(F)F)ccc2N1C(=O)O. The molecule has 32 heavy (non-hydrogen) atoms. The Morgan fingerprint density at radius 1 is 1.16 bits per heavy atom. The molecule has 3 rings (SSSR count). The van der Waals surface area contributed by atoms with Gasteiger partial charge >= 0.3 is 12.3 Å². The summed E-state index contributed by atoms with van der Waals surface area (Å²) in [6, 6.07) is 6.38. The van der Waals surface area contributed by atoms with Crippen molar-refractivity contribution in [2.45, 2.75) is 45.3 Å². The highest BCUT2D eigenvalue weighted by atomic mass is 35.5. The molecule has 0 aliphatic carbocycles. The van der Waals surface area contributed by atoms with Gasteiger partial charge in [-0.05, 0) is 52.8 Å². The van der Waals surface area contributed by atoms with Crippen LogP contribution in [0.4, 0.5) is 28.0 Å². The molecule has 1 amide bonds. The van der Waals surface area contributed by atoms with Gasteiger partial charge in [0, 0.05) is 6.04 Å². The molecule has 1 aliphatic rings. The van der Waals surface area contributed by atoms with Gasteiger partial charge in [-0.15, -0.1) is 0 Å². The molecule has 3 nitrogen and oxygen atoms in total. The zero-order valence-electron chi connectivity index (χ0n) is 17.5. The summed E-state index contributed by atoms with van der Waals surface area (Å²) in [6.07, 6.45) is -3.02. The standard InChI is InChI=1S/C23H21Cl2F4NO2/c1-22(2,3)19-11-14-8-12(5-7-18(14)30(19)21(31)32)4-6-15(23(27,28)29)13-9-16(24)20(26)17(25)10-13/h4-10,15,19H,11H2,1-3H3,(H,31,32)/b6-4+. The Morgan fingerprint density at radius 3 is 2.25 bits per heavy atom. The Hall–Kier alpha value is -2.25. The maximum atomic E-state index is 13.7. The summed E-state index contributed by atoms with van der Waals surface area (Å²) >= 11 is 11.4. The molecule has 2 aromatic rings. The minimum absolute atomic E-state index is 0.281. The van der Waals surface area contributed by atoms with Crippen LogP contribution in [0, 0.1) is 11.2 Å². The van der Waals surface area contributed by atoms with E-state index in [0.717, 1.165) is 23.8 Å². The monoisotopic (exact) mass is 489 g/mol. The molecule has 0 radical (unpaired) electrons. The van der Waals surface area contributed by atoms with Crippen LogP contribution < -0.4 is 4.90 Å². The van der Waals surface area contributed by atoms with Crippen LogP contribution in [0.2, 0.25) is 10.0 Å². The minimum Gasteiger partial charge on any atom is -0.465 e. The van der Waals surface area contributed by atoms with Gasteiger partial charge in [-0.25, -0.2) is 9.18 Å². The number of allylic oxidation sites excluding steroid dienone is 1. The first-order valence-electron chi connectivity index (χ1n) is 9.74. The maximum Gasteiger partial charge on any atom is 0.412 e. The molecular formula is C23H21Cl2F4NO2. The molecule has 2 aromatic carbocycles. The van der Waals surface area contributed by atoms with E-state index in [0.29, 0.717) is 17.7 Å². The number of benzene rings is 2. The van der Waals surface area contributed by atoms with Gasteiger partial charge in [0.1, 0.15) is 0 Å². The molecule has 2 unspecified atom stereocenters. The van der Waals surface area contributed by atoms with E-state index in [1.54, 1.807) is 18.2 Å². The first kappa shape index (κ1) is 24.4. The predicted molar refractivity (Wildman–Crippen MR) is 118 cm³/mol. The molecule has 0 saturated carbocycles. The second-order valence-corrected chi connectivity index (χ2v) is 9.62. The number of nitrogens with zero attached hydrogens (tertiary/aromatic N) is 1. The molecule has 2 atom stereocenters. The summed E-state index contributed by atoms with van der Waals surface area (Å²) in [4.78, 5) is 13.1. The molecule has 9 heteroatoms. The smallest absolute Gasteiger partial charge is 0.412 e. The topological polar surface area (TPSA) is 40.5 Å². The summed E-state index contributed by atoms with van der Waals surface area (Å²) in [7, 11) is 0. The lowest BCUT2D eigenvalue weighted by Crippen LogP contribution is -2.44. The third kappa shape index (κ3) is 4.89. The van der Waals surface area contributed by atoms with Crippen LogP contribution in [0.5, 0.6) is 0 Å². The highest BCUT2D eigenvalue weighted by Crippen LogP contribution is 2.42. The summed E-state index contributed by atoms with van der Waals surface area (Å²) in [5.74, 6) is -3.03. The highest BCUT2D eigenvalue weighted by Gasteiger charge is 2.41. The molecule has 172 valence electrons. The molecule has 0 aromatic heterocycles. The van der Waals surface area contributed by atoms with Crippen molar-refractivity contribution in [3.8, 4) is 0 Å². The van der Waals surface area contributed by atoms with Crippen molar-refractivity contribution in [3.05, 3.63) is 69.0 Å². The first-order chi connectivity index (χ1) is 14.7. The van der Waals surface area contributed by atoms with E-state index in [4.69, 9.17) is 23.2 Å². The third-order valence-electron chi connectivity index (χ3n) is 5.49. The summed E-state index contributed by atoms with van der Waals surface area (Å²) < 4.78 is 54.8. The van der Waals surface area contributed by atoms with Gasteiger partial charge in [0.25, 0.3) is 0 Å². The first-order valence-corrected chi connectivity index (χ1v) is 10.5. The Kier molecular flexibility index (Phi) is 6.55. The van der Waals surface area contributed by atoms with Gasteiger partial charge in [0.2, 0.25) is 0 Å². The number of rotatable bonds is 3. The quantitative estimate of drug-likeness (QED) is 0.351. The molecule has 1 N–H and O–H groups in total. The van der Waals surface area contributed by atoms with Crippen molar-refractivity contribution >= 4 is 41.1 Å². The summed E-state index contributed by atoms with van der Waals surface area (Å²) in [6.45, 7) is 5.81. The largest absolute Gasteiger partial charge is 0.465 e. The number of alkyl halides is 3. The summed E-state index contributed by atoms with van der Waals surface area (Å²) in [5, 5.41) is 8.68. The number of hydrogen-bond donors (Lipinski definition) is 1. The third-order valence-corrected chi connectivity index (χ3v) is 6.04. The van der Waals surface area contributed by atoms with Crippen molar-refractivity contribution in [1.29, 1.82) is 0 Å². The second-order valence-electron chi connectivity index (χ2n) is 8.80. The predicted octanol–water partition coefficient (Wildman–Crippen LogP) is 7.95. The van der Waals surface area contributed by atoms with Crippen molar-refractivity contribution in [2.75, 3.05) is 4.90 Å². The van der Waals surface area contributed by atoms with Crippen LogP contribution in [0.1, 0.15) is 43.4 Å². The Morgan fingerprint density at radius 2 is 1.75 bits per heavy atom. The Labute approximate surface area is 193 Å². The van der Waals surface area contributed by atoms with Gasteiger partial charge in [-0.3, -0.25) is 4.90 Å². The maximum absolute atomic E-state index is 13.7. The zero-order valence-corrected chi connectivity index (χ0v) is 19.0. The lowest BCUT2D eigenvalue weighted by Gasteiger charge is -2.33. The fourth-order valence-corrected chi connectivity index (χ4v) is 4.38. The van der Waals surface area contributed by atoms with Crippen LogP contribution in [-0.4, -0.2) is 23.4 Å². The second kappa shape index (κ2) is 8.60. The van der Waals surface area contributed by atoms with E-state index in [1.807, 2.05) is 20.8 Å². The van der Waals surface area contributed by atoms with E-state index < -0.39 is 34.0 Å². The molecule has 0 bridgehead atoms. The van der Waals surface area contributed by atoms with Crippen LogP contribution in [-0.2, 0) is 6.42 Å². The number of halogens is 6. The minimum atomic E-state index is -4.66. The number of anilines is 1. The summed E-state index contributed by atoms with van der Waals surface area (Å²) in [5.41, 5.74) is 1.15. The van der Waals surface area contributed by atoms with Gasteiger partial charge in [-0.1, -0.05) is 62.2 Å². The highest BCUT2D eigenvalue weighted by molar-refractivity contribution is 6.35. The van der Waals surface area contributed by atoms with E-state index in [2.05, 4.69) is 0 Å². The fourth-order valence-electron chi connectivity index (χ4n) is 3.88. The van der Waals surface area contributed by atoms with Crippen LogP contribution in [0.3, 0.4) is 0 Å². The average molecular weight is 490 g/mol. The van der Waals surface area contributed by atoms with Gasteiger partial charge in [-0.2, -0.15) is 13.2 Å². The number of carboxylic acid groups (broad SMARTS) is 1. The number of carbonyl (C=O) groups is 1. The Bertz CT molecular complexity index is 1050. The number of amides is 1. The van der Waals surface area contributed by atoms with E-state index >= 15 is 0 Å². The lowest BCUT2D eigenvalue weighted by atomic mass is 9.84. The van der Waals surface area contributed by atoms with Crippen molar-refractivity contribution in [3.63, 3.8) is 0 Å². The lowest BCUT2D eigenvalue weighted by molar-refractivity contribution is -0.139. The molecule has 1 aliphatic heterocycles. The normalized spacial score (nSPS) is 17.7. The fraction of sp³-hybridized carbons (Fsp3) is 0.348. The molecule has 0 fully saturated rings. The van der Waals surface area contributed by atoms with Crippen LogP contribution >= 0.6 is 23.2 Å². The van der Waals surface area contributed by atoms with Crippen molar-refractivity contribution in [1.82, 2.24) is 0 Å². The van der Waals surface area contributed by atoms with Gasteiger partial charge in [0.15, 0.2) is 5.82 Å². The number of hydrogen-bond acceptors (Lipinski definition) is 1. The van der Waals surface area contributed by atoms with Crippen LogP contribution in [0.15, 0.2) is 36.4 Å². The van der Waals surface area contributed by atoms with Crippen molar-refractivity contribution < 1.29 is 27.5 Å². The van der Waals surface area contributed by atoms with Gasteiger partial charge in [0.05, 0.1) is 21.7 Å². The van der Waals surface area contributed by atoms with E-state index in [1.165, 1.54) is 11.0 Å². The zero-order chi connectivity index (χ0) is 24.0. The van der Waals surface area contributed by atoms with Crippen molar-refractivity contribution in [2.24, 2.45) is 5.41 Å². The van der Waals surface area contributed by atoms with E-state index in [9.17, 15) is 27.5 Å². The molecule has 0 spiro atoms. The average Bonchev–Trinajstić information content (AvgIpc) is 3.04. The van der Waals surface area contributed by atoms with E-state index in [-0.39, 0.29) is 17.0 Å². The molecule has 1 heterocycles. The van der Waals surface area contributed by atoms with Crippen LogP contribution in [0.25, 0.3) is 6.08 Å². The number of fused-ring (bicyclic) bond motifs is 1. The molecule has 0 saturated heterocycles.